The Bertz CT molecular complexity index is 337. The van der Waals surface area contributed by atoms with Crippen molar-refractivity contribution in [2.45, 2.75) is 12.5 Å². The first-order valence-electron chi connectivity index (χ1n) is 3.94. The van der Waals surface area contributed by atoms with E-state index in [2.05, 4.69) is 25.1 Å². The van der Waals surface area contributed by atoms with Gasteiger partial charge in [0.15, 0.2) is 0 Å². The highest BCUT2D eigenvalue weighted by Gasteiger charge is 2.09. The lowest BCUT2D eigenvalue weighted by atomic mass is 10.2. The molecule has 2 aromatic rings. The molecule has 0 aromatic carbocycles. The number of hydrogen-bond acceptors (Lipinski definition) is 4. The molecule has 4 N–H and O–H groups in total. The summed E-state index contributed by atoms with van der Waals surface area (Å²) in [6.07, 6.45) is 5.50. The van der Waals surface area contributed by atoms with Crippen molar-refractivity contribution in [3.8, 4) is 0 Å². The zero-order valence-electron chi connectivity index (χ0n) is 6.94. The van der Waals surface area contributed by atoms with E-state index in [1.807, 2.05) is 0 Å². The summed E-state index contributed by atoms with van der Waals surface area (Å²) < 4.78 is 0. The fraction of sp³-hybridized carbons (Fsp3) is 0.286. The van der Waals surface area contributed by atoms with E-state index in [1.165, 1.54) is 6.33 Å². The van der Waals surface area contributed by atoms with Gasteiger partial charge in [0.1, 0.15) is 12.2 Å². The molecule has 2 rings (SSSR count). The number of imidazole rings is 1. The third-order valence-electron chi connectivity index (χ3n) is 1.78. The predicted octanol–water partition coefficient (Wildman–Crippen LogP) is -0.230. The molecule has 0 bridgehead atoms. The first-order valence-corrected chi connectivity index (χ1v) is 3.94. The number of H-pyrrole nitrogens is 2. The number of nitrogens with zero attached hydrogens (tertiary/aromatic N) is 3. The van der Waals surface area contributed by atoms with Gasteiger partial charge < -0.3 is 10.7 Å². The van der Waals surface area contributed by atoms with Crippen LogP contribution >= 0.6 is 0 Å². The van der Waals surface area contributed by atoms with Gasteiger partial charge in [0.05, 0.1) is 12.4 Å². The Labute approximate surface area is 74.6 Å². The molecule has 68 valence electrons. The first-order chi connectivity index (χ1) is 6.36. The summed E-state index contributed by atoms with van der Waals surface area (Å²) >= 11 is 0. The van der Waals surface area contributed by atoms with Gasteiger partial charge >= 0.3 is 0 Å². The summed E-state index contributed by atoms with van der Waals surface area (Å²) in [5.41, 5.74) is 6.84. The lowest BCUT2D eigenvalue weighted by molar-refractivity contribution is 0.662. The van der Waals surface area contributed by atoms with E-state index < -0.39 is 0 Å². The minimum absolute atomic E-state index is 0.164. The first kappa shape index (κ1) is 7.93. The van der Waals surface area contributed by atoms with Crippen LogP contribution in [0.3, 0.4) is 0 Å². The molecule has 0 aliphatic carbocycles. The molecule has 6 nitrogen and oxygen atoms in total. The fourth-order valence-corrected chi connectivity index (χ4v) is 1.12. The molecule has 0 aliphatic heterocycles. The van der Waals surface area contributed by atoms with Crippen molar-refractivity contribution in [2.75, 3.05) is 0 Å². The van der Waals surface area contributed by atoms with Gasteiger partial charge in [-0.3, -0.25) is 5.10 Å². The van der Waals surface area contributed by atoms with Crippen LogP contribution in [-0.2, 0) is 6.42 Å². The predicted molar refractivity (Wildman–Crippen MR) is 45.6 cm³/mol. The van der Waals surface area contributed by atoms with E-state index >= 15 is 0 Å². The third kappa shape index (κ3) is 1.73. The number of nitrogens with one attached hydrogen (secondary N) is 2. The molecule has 0 radical (unpaired) electrons. The number of nitrogens with two attached hydrogens (primary N) is 1. The minimum atomic E-state index is -0.164. The Morgan fingerprint density at radius 1 is 1.54 bits per heavy atom. The minimum Gasteiger partial charge on any atom is -0.348 e. The maximum Gasteiger partial charge on any atom is 0.141 e. The zero-order chi connectivity index (χ0) is 9.10. The van der Waals surface area contributed by atoms with Crippen molar-refractivity contribution in [3.05, 3.63) is 30.4 Å². The normalized spacial score (nSPS) is 13.0. The SMILES string of the molecule is N[C@H](Cc1cnc[nH]1)c1ncn[nH]1. The van der Waals surface area contributed by atoms with Gasteiger partial charge in [-0.05, 0) is 0 Å². The molecule has 1 atom stereocenters. The molecular formula is C7H10N6. The van der Waals surface area contributed by atoms with Crippen LogP contribution < -0.4 is 5.73 Å². The molecule has 2 heterocycles. The van der Waals surface area contributed by atoms with Crippen molar-refractivity contribution in [1.82, 2.24) is 25.1 Å². The highest BCUT2D eigenvalue weighted by Crippen LogP contribution is 2.08. The van der Waals surface area contributed by atoms with E-state index in [1.54, 1.807) is 12.5 Å². The number of hydrogen-bond donors (Lipinski definition) is 3. The van der Waals surface area contributed by atoms with Gasteiger partial charge in [-0.25, -0.2) is 9.97 Å². The Hall–Kier alpha value is -1.69. The van der Waals surface area contributed by atoms with E-state index in [0.717, 1.165) is 5.69 Å². The van der Waals surface area contributed by atoms with Gasteiger partial charge in [0, 0.05) is 18.3 Å². The molecule has 0 fully saturated rings. The molecule has 2 aromatic heterocycles. The van der Waals surface area contributed by atoms with Crippen LogP contribution in [0.2, 0.25) is 0 Å². The van der Waals surface area contributed by atoms with Gasteiger partial charge in [-0.1, -0.05) is 0 Å². The highest BCUT2D eigenvalue weighted by molar-refractivity contribution is 5.02. The summed E-state index contributed by atoms with van der Waals surface area (Å²) in [7, 11) is 0. The molecule has 0 saturated heterocycles. The molecule has 0 amide bonds. The standard InChI is InChI=1S/C7H10N6/c8-6(7-11-4-12-13-7)1-5-2-9-3-10-5/h2-4,6H,1,8H2,(H,9,10)(H,11,12,13)/t6-/m1/s1. The van der Waals surface area contributed by atoms with Crippen LogP contribution in [-0.4, -0.2) is 25.1 Å². The second-order valence-corrected chi connectivity index (χ2v) is 2.76. The van der Waals surface area contributed by atoms with E-state index in [-0.39, 0.29) is 6.04 Å². The van der Waals surface area contributed by atoms with Gasteiger partial charge in [-0.2, -0.15) is 5.10 Å². The molecular weight excluding hydrogens is 168 g/mol. The Balaban J connectivity index is 2.04. The monoisotopic (exact) mass is 178 g/mol. The van der Waals surface area contributed by atoms with Crippen molar-refractivity contribution in [2.24, 2.45) is 5.73 Å². The molecule has 0 unspecified atom stereocenters. The number of aromatic nitrogens is 5. The fourth-order valence-electron chi connectivity index (χ4n) is 1.12. The van der Waals surface area contributed by atoms with Crippen molar-refractivity contribution >= 4 is 0 Å². The quantitative estimate of drug-likeness (QED) is 0.604. The molecule has 0 aliphatic rings. The van der Waals surface area contributed by atoms with Crippen molar-refractivity contribution in [1.29, 1.82) is 0 Å². The number of aromatic amines is 2. The van der Waals surface area contributed by atoms with Crippen LogP contribution in [0.15, 0.2) is 18.9 Å². The van der Waals surface area contributed by atoms with Gasteiger partial charge in [0.2, 0.25) is 0 Å². The van der Waals surface area contributed by atoms with Crippen LogP contribution in [0.5, 0.6) is 0 Å². The van der Waals surface area contributed by atoms with E-state index in [4.69, 9.17) is 5.73 Å². The summed E-state index contributed by atoms with van der Waals surface area (Å²) in [4.78, 5) is 10.8. The smallest absolute Gasteiger partial charge is 0.141 e. The van der Waals surface area contributed by atoms with Gasteiger partial charge in [0.25, 0.3) is 0 Å². The van der Waals surface area contributed by atoms with Crippen molar-refractivity contribution in [3.63, 3.8) is 0 Å². The maximum atomic E-state index is 5.85. The molecule has 0 spiro atoms. The lowest BCUT2D eigenvalue weighted by Crippen LogP contribution is -2.15. The number of rotatable bonds is 3. The Morgan fingerprint density at radius 2 is 2.46 bits per heavy atom. The van der Waals surface area contributed by atoms with Crippen LogP contribution in [0.4, 0.5) is 0 Å². The summed E-state index contributed by atoms with van der Waals surface area (Å²) in [6.45, 7) is 0. The lowest BCUT2D eigenvalue weighted by Gasteiger charge is -2.04. The van der Waals surface area contributed by atoms with E-state index in [0.29, 0.717) is 12.2 Å². The highest BCUT2D eigenvalue weighted by atomic mass is 15.2. The average molecular weight is 178 g/mol. The maximum absolute atomic E-state index is 5.85. The molecule has 6 heteroatoms. The second kappa shape index (κ2) is 3.36. The Kier molecular flexibility index (Phi) is 2.05. The Morgan fingerprint density at radius 3 is 3.08 bits per heavy atom. The van der Waals surface area contributed by atoms with Crippen LogP contribution in [0, 0.1) is 0 Å². The summed E-state index contributed by atoms with van der Waals surface area (Å²) in [5, 5.41) is 6.46. The summed E-state index contributed by atoms with van der Waals surface area (Å²) in [6, 6.07) is -0.164. The topological polar surface area (TPSA) is 96.3 Å². The van der Waals surface area contributed by atoms with Crippen LogP contribution in [0.25, 0.3) is 0 Å². The average Bonchev–Trinajstić information content (AvgIpc) is 2.74. The third-order valence-corrected chi connectivity index (χ3v) is 1.78. The zero-order valence-corrected chi connectivity index (χ0v) is 6.94. The summed E-state index contributed by atoms with van der Waals surface area (Å²) in [5.74, 6) is 0.689. The largest absolute Gasteiger partial charge is 0.348 e. The van der Waals surface area contributed by atoms with E-state index in [9.17, 15) is 0 Å². The molecule has 0 saturated carbocycles. The van der Waals surface area contributed by atoms with Crippen molar-refractivity contribution < 1.29 is 0 Å². The van der Waals surface area contributed by atoms with Crippen LogP contribution in [0.1, 0.15) is 17.6 Å². The second-order valence-electron chi connectivity index (χ2n) is 2.76. The molecule has 13 heavy (non-hydrogen) atoms. The van der Waals surface area contributed by atoms with Gasteiger partial charge in [-0.15, -0.1) is 0 Å².